The summed E-state index contributed by atoms with van der Waals surface area (Å²) in [6.45, 7) is 20.5. The van der Waals surface area contributed by atoms with Gasteiger partial charge in [-0.05, 0) is 109 Å². The van der Waals surface area contributed by atoms with Crippen LogP contribution in [-0.4, -0.2) is 11.4 Å². The summed E-state index contributed by atoms with van der Waals surface area (Å²) in [5.74, 6) is 0. The second-order valence-electron chi connectivity index (χ2n) is 16.0. The molecular formula is C44H44N2. The van der Waals surface area contributed by atoms with E-state index in [0.717, 1.165) is 38.9 Å². The molecule has 2 aliphatic carbocycles. The van der Waals surface area contributed by atoms with E-state index in [9.17, 15) is 0 Å². The Morgan fingerprint density at radius 3 is 1.35 bits per heavy atom. The Bertz CT molecular complexity index is 2090. The zero-order chi connectivity index (χ0) is 32.9. The van der Waals surface area contributed by atoms with Crippen molar-refractivity contribution < 1.29 is 0 Å². The minimum absolute atomic E-state index is 0.0565. The summed E-state index contributed by atoms with van der Waals surface area (Å²) in [4.78, 5) is 0. The van der Waals surface area contributed by atoms with Crippen LogP contribution in [0, 0.1) is 17.7 Å². The van der Waals surface area contributed by atoms with E-state index in [4.69, 9.17) is 10.8 Å². The highest BCUT2D eigenvalue weighted by molar-refractivity contribution is 6.55. The third-order valence-corrected chi connectivity index (χ3v) is 10.3. The van der Waals surface area contributed by atoms with Crippen LogP contribution >= 0.6 is 0 Å². The summed E-state index contributed by atoms with van der Waals surface area (Å²) in [6.07, 6.45) is 0. The van der Waals surface area contributed by atoms with Crippen molar-refractivity contribution in [2.24, 2.45) is 0 Å². The normalized spacial score (nSPS) is 14.9. The maximum Gasteiger partial charge on any atom is 0.0874 e. The number of benzene rings is 5. The average Bonchev–Trinajstić information content (AvgIpc) is 3.23. The van der Waals surface area contributed by atoms with E-state index in [1.54, 1.807) is 0 Å². The van der Waals surface area contributed by atoms with Gasteiger partial charge in [0.2, 0.25) is 0 Å². The highest BCUT2D eigenvalue weighted by Crippen LogP contribution is 2.51. The van der Waals surface area contributed by atoms with Crippen molar-refractivity contribution in [3.8, 4) is 44.5 Å². The molecule has 0 spiro atoms. The van der Waals surface area contributed by atoms with Crippen LogP contribution in [0.4, 0.5) is 0 Å². The largest absolute Gasteiger partial charge is 0.298 e. The quantitative estimate of drug-likeness (QED) is 0.202. The molecule has 2 heteroatoms. The van der Waals surface area contributed by atoms with E-state index in [0.29, 0.717) is 11.4 Å². The van der Waals surface area contributed by atoms with Crippen LogP contribution < -0.4 is 0 Å². The first-order valence-corrected chi connectivity index (χ1v) is 16.4. The van der Waals surface area contributed by atoms with Gasteiger partial charge in [-0.1, -0.05) is 128 Å². The molecule has 0 fully saturated rings. The first kappa shape index (κ1) is 30.1. The molecule has 0 saturated carbocycles. The van der Waals surface area contributed by atoms with Gasteiger partial charge in [-0.3, -0.25) is 10.8 Å². The van der Waals surface area contributed by atoms with Crippen molar-refractivity contribution in [2.45, 2.75) is 78.6 Å². The van der Waals surface area contributed by atoms with E-state index in [2.05, 4.69) is 140 Å². The topological polar surface area (TPSA) is 47.7 Å². The molecule has 0 aliphatic heterocycles. The van der Waals surface area contributed by atoms with Gasteiger partial charge >= 0.3 is 0 Å². The van der Waals surface area contributed by atoms with E-state index in [1.807, 2.05) is 13.0 Å². The van der Waals surface area contributed by atoms with Gasteiger partial charge in [-0.15, -0.1) is 0 Å². The van der Waals surface area contributed by atoms with Gasteiger partial charge in [0.25, 0.3) is 0 Å². The third-order valence-electron chi connectivity index (χ3n) is 10.3. The summed E-state index contributed by atoms with van der Waals surface area (Å²) in [7, 11) is 0. The number of hydrogen-bond acceptors (Lipinski definition) is 2. The maximum absolute atomic E-state index is 8.90. The van der Waals surface area contributed by atoms with Crippen LogP contribution in [0.1, 0.15) is 94.3 Å². The molecule has 2 nitrogen and oxygen atoms in total. The van der Waals surface area contributed by atoms with Gasteiger partial charge in [0, 0.05) is 16.5 Å². The van der Waals surface area contributed by atoms with Crippen LogP contribution in [0.5, 0.6) is 0 Å². The molecule has 2 N–H and O–H groups in total. The molecule has 5 aromatic rings. The lowest BCUT2D eigenvalue weighted by atomic mass is 9.78. The molecule has 5 aromatic carbocycles. The predicted octanol–water partition coefficient (Wildman–Crippen LogP) is 11.6. The molecule has 7 rings (SSSR count). The Hall–Kier alpha value is -4.56. The van der Waals surface area contributed by atoms with Crippen LogP contribution in [-0.2, 0) is 16.2 Å². The number of nitrogens with one attached hydrogen (secondary N) is 2. The molecule has 0 bridgehead atoms. The minimum Gasteiger partial charge on any atom is -0.298 e. The highest BCUT2D eigenvalue weighted by atomic mass is 14.6. The zero-order valence-corrected chi connectivity index (χ0v) is 28.7. The Balaban J connectivity index is 1.35. The number of rotatable bonds is 2. The fourth-order valence-corrected chi connectivity index (χ4v) is 7.32. The van der Waals surface area contributed by atoms with Crippen molar-refractivity contribution in [1.29, 1.82) is 10.8 Å². The third kappa shape index (κ3) is 4.69. The second kappa shape index (κ2) is 9.97. The van der Waals surface area contributed by atoms with Crippen LogP contribution in [0.25, 0.3) is 44.5 Å². The molecular weight excluding hydrogens is 556 g/mol. The van der Waals surface area contributed by atoms with Gasteiger partial charge in [-0.2, -0.15) is 0 Å². The standard InChI is InChI=1S/C44H44N2/c1-25-10-14-32-33-15-11-26(23-37(33)41(46)40(45)36(32)18-25)27-12-16-38-34(21-27)35-22-28(13-17-39(35)44(38,8)9)29-19-30(42(2,3)4)24-31(20-29)43(5,6)7/h10-24,45-46H,1-9H3. The first-order chi connectivity index (χ1) is 21.5. The van der Waals surface area contributed by atoms with Gasteiger partial charge < -0.3 is 0 Å². The lowest BCUT2D eigenvalue weighted by Crippen LogP contribution is -2.21. The van der Waals surface area contributed by atoms with Gasteiger partial charge in [-0.25, -0.2) is 0 Å². The molecule has 0 atom stereocenters. The number of aryl methyl sites for hydroxylation is 1. The predicted molar refractivity (Wildman–Crippen MR) is 196 cm³/mol. The average molecular weight is 601 g/mol. The molecule has 0 aromatic heterocycles. The monoisotopic (exact) mass is 600 g/mol. The molecule has 46 heavy (non-hydrogen) atoms. The van der Waals surface area contributed by atoms with Crippen LogP contribution in [0.2, 0.25) is 0 Å². The maximum atomic E-state index is 8.90. The van der Waals surface area contributed by atoms with Crippen LogP contribution in [0.15, 0.2) is 91.0 Å². The van der Waals surface area contributed by atoms with Crippen molar-refractivity contribution in [3.05, 3.63) is 130 Å². The van der Waals surface area contributed by atoms with Crippen molar-refractivity contribution >= 4 is 11.4 Å². The second-order valence-corrected chi connectivity index (χ2v) is 16.0. The zero-order valence-electron chi connectivity index (χ0n) is 28.7. The van der Waals surface area contributed by atoms with E-state index < -0.39 is 0 Å². The van der Waals surface area contributed by atoms with Crippen molar-refractivity contribution in [1.82, 2.24) is 0 Å². The Morgan fingerprint density at radius 1 is 0.435 bits per heavy atom. The van der Waals surface area contributed by atoms with Gasteiger partial charge in [0.05, 0.1) is 11.4 Å². The number of fused-ring (bicyclic) bond motifs is 6. The van der Waals surface area contributed by atoms with E-state index in [-0.39, 0.29) is 16.2 Å². The minimum atomic E-state index is -0.0968. The fraction of sp³-hybridized carbons (Fsp3) is 0.273. The SMILES string of the molecule is Cc1ccc2c(c1)C(=N)C(=N)c1cc(-c3ccc4c(c3)-c3cc(-c5cc(C(C)(C)C)cc(C(C)(C)C)c5)ccc3C4(C)C)ccc1-2. The summed E-state index contributed by atoms with van der Waals surface area (Å²) >= 11 is 0. The van der Waals surface area contributed by atoms with Crippen molar-refractivity contribution in [2.75, 3.05) is 0 Å². The Morgan fingerprint density at radius 2 is 0.848 bits per heavy atom. The summed E-state index contributed by atoms with van der Waals surface area (Å²) in [5, 5.41) is 17.7. The molecule has 2 aliphatic rings. The Kier molecular flexibility index (Phi) is 6.53. The molecule has 0 heterocycles. The first-order valence-electron chi connectivity index (χ1n) is 16.4. The van der Waals surface area contributed by atoms with E-state index in [1.165, 1.54) is 44.5 Å². The summed E-state index contributed by atoms with van der Waals surface area (Å²) in [5.41, 5.74) is 18.2. The Labute approximate surface area is 274 Å². The molecule has 0 unspecified atom stereocenters. The van der Waals surface area contributed by atoms with Gasteiger partial charge in [0.15, 0.2) is 0 Å². The van der Waals surface area contributed by atoms with Crippen LogP contribution in [0.3, 0.4) is 0 Å². The molecule has 230 valence electrons. The van der Waals surface area contributed by atoms with Crippen molar-refractivity contribution in [3.63, 3.8) is 0 Å². The fourth-order valence-electron chi connectivity index (χ4n) is 7.32. The van der Waals surface area contributed by atoms with E-state index >= 15 is 0 Å². The lowest BCUT2D eigenvalue weighted by Gasteiger charge is -2.26. The lowest BCUT2D eigenvalue weighted by molar-refractivity contribution is 0.569. The summed E-state index contributed by atoms with van der Waals surface area (Å²) < 4.78 is 0. The highest BCUT2D eigenvalue weighted by Gasteiger charge is 2.36. The summed E-state index contributed by atoms with van der Waals surface area (Å²) in [6, 6.07) is 33.7. The molecule has 0 amide bonds. The molecule has 0 radical (unpaired) electrons. The van der Waals surface area contributed by atoms with Gasteiger partial charge in [0.1, 0.15) is 0 Å². The molecule has 0 saturated heterocycles. The number of hydrogen-bond donors (Lipinski definition) is 2. The smallest absolute Gasteiger partial charge is 0.0874 e.